The predicted octanol–water partition coefficient (Wildman–Crippen LogP) is 3.69. The number of carbonyl (C=O) groups is 2. The van der Waals surface area contributed by atoms with Gasteiger partial charge in [0.15, 0.2) is 0 Å². The van der Waals surface area contributed by atoms with E-state index in [9.17, 15) is 9.59 Å². The summed E-state index contributed by atoms with van der Waals surface area (Å²) >= 11 is 3.44. The summed E-state index contributed by atoms with van der Waals surface area (Å²) in [5, 5.41) is 14.3. The van der Waals surface area contributed by atoms with Gasteiger partial charge in [0.05, 0.1) is 11.6 Å². The van der Waals surface area contributed by atoms with Crippen molar-refractivity contribution in [3.63, 3.8) is 0 Å². The van der Waals surface area contributed by atoms with Crippen LogP contribution in [0.1, 0.15) is 30.9 Å². The normalized spacial score (nSPS) is 11.8. The summed E-state index contributed by atoms with van der Waals surface area (Å²) < 4.78 is 0.842. The summed E-state index contributed by atoms with van der Waals surface area (Å²) in [7, 11) is 0. The predicted molar refractivity (Wildman–Crippen MR) is 86.7 cm³/mol. The topological polar surface area (TPSA) is 78.4 Å². The van der Waals surface area contributed by atoms with Crippen LogP contribution in [0.25, 0.3) is 0 Å². The lowest BCUT2D eigenvalue weighted by Gasteiger charge is -2.13. The highest BCUT2D eigenvalue weighted by atomic mass is 79.9. The van der Waals surface area contributed by atoms with Crippen LogP contribution < -0.4 is 10.6 Å². The lowest BCUT2D eigenvalue weighted by molar-refractivity contribution is -0.141. The molecule has 0 saturated heterocycles. The van der Waals surface area contributed by atoms with E-state index < -0.39 is 5.97 Å². The van der Waals surface area contributed by atoms with Crippen molar-refractivity contribution in [1.29, 1.82) is 0 Å². The monoisotopic (exact) mass is 356 g/mol. The molecule has 0 heterocycles. The Morgan fingerprint density at radius 3 is 2.57 bits per heavy atom. The minimum Gasteiger partial charge on any atom is -0.481 e. The fourth-order valence-electron chi connectivity index (χ4n) is 1.97. The zero-order valence-electron chi connectivity index (χ0n) is 12.5. The average molecular weight is 357 g/mol. The van der Waals surface area contributed by atoms with E-state index in [4.69, 9.17) is 5.11 Å². The van der Waals surface area contributed by atoms with Gasteiger partial charge < -0.3 is 15.7 Å². The third-order valence-corrected chi connectivity index (χ3v) is 3.82. The zero-order valence-corrected chi connectivity index (χ0v) is 14.1. The molecule has 2 amide bonds. The van der Waals surface area contributed by atoms with Crippen molar-refractivity contribution in [2.75, 3.05) is 11.9 Å². The summed E-state index contributed by atoms with van der Waals surface area (Å²) in [5.41, 5.74) is 2.85. The highest BCUT2D eigenvalue weighted by Crippen LogP contribution is 2.27. The number of halogens is 1. The molecule has 3 N–H and O–H groups in total. The van der Waals surface area contributed by atoms with E-state index >= 15 is 0 Å². The second kappa shape index (κ2) is 8.02. The molecule has 0 fully saturated rings. The molecule has 1 aromatic rings. The average Bonchev–Trinajstić information content (AvgIpc) is 2.38. The van der Waals surface area contributed by atoms with Crippen LogP contribution in [0.4, 0.5) is 10.5 Å². The van der Waals surface area contributed by atoms with E-state index in [0.717, 1.165) is 21.3 Å². The molecule has 0 spiro atoms. The molecule has 0 saturated carbocycles. The van der Waals surface area contributed by atoms with Gasteiger partial charge in [-0.2, -0.15) is 0 Å². The largest absolute Gasteiger partial charge is 0.481 e. The molecule has 0 aliphatic carbocycles. The van der Waals surface area contributed by atoms with Crippen molar-refractivity contribution in [2.45, 2.75) is 33.6 Å². The maximum absolute atomic E-state index is 11.8. The number of amides is 2. The third kappa shape index (κ3) is 5.75. The smallest absolute Gasteiger partial charge is 0.319 e. The van der Waals surface area contributed by atoms with E-state index in [2.05, 4.69) is 26.6 Å². The molecule has 6 heteroatoms. The van der Waals surface area contributed by atoms with Crippen molar-refractivity contribution >= 4 is 33.6 Å². The molecule has 116 valence electrons. The van der Waals surface area contributed by atoms with E-state index in [0.29, 0.717) is 19.4 Å². The number of rotatable bonds is 6. The van der Waals surface area contributed by atoms with E-state index in [1.807, 2.05) is 26.0 Å². The van der Waals surface area contributed by atoms with Gasteiger partial charge in [-0.3, -0.25) is 4.79 Å². The molecule has 0 bridgehead atoms. The van der Waals surface area contributed by atoms with Crippen LogP contribution in [0.15, 0.2) is 16.6 Å². The molecular formula is C15H21BrN2O3. The Morgan fingerprint density at radius 1 is 1.33 bits per heavy atom. The minimum atomic E-state index is -0.807. The third-order valence-electron chi connectivity index (χ3n) is 3.19. The second-order valence-corrected chi connectivity index (χ2v) is 6.06. The maximum atomic E-state index is 11.8. The van der Waals surface area contributed by atoms with Gasteiger partial charge in [-0.1, -0.05) is 13.0 Å². The van der Waals surface area contributed by atoms with E-state index in [-0.39, 0.29) is 11.9 Å². The molecule has 1 aromatic carbocycles. The van der Waals surface area contributed by atoms with Crippen molar-refractivity contribution in [2.24, 2.45) is 5.92 Å². The van der Waals surface area contributed by atoms with Crippen molar-refractivity contribution in [3.8, 4) is 0 Å². The quantitative estimate of drug-likeness (QED) is 0.680. The van der Waals surface area contributed by atoms with Crippen LogP contribution >= 0.6 is 15.9 Å². The van der Waals surface area contributed by atoms with Gasteiger partial charge in [0.25, 0.3) is 0 Å². The van der Waals surface area contributed by atoms with Gasteiger partial charge in [0, 0.05) is 11.0 Å². The summed E-state index contributed by atoms with van der Waals surface area (Å²) in [6.07, 6.45) is 1.18. The Kier molecular flexibility index (Phi) is 6.68. The van der Waals surface area contributed by atoms with Crippen LogP contribution in [-0.2, 0) is 4.79 Å². The summed E-state index contributed by atoms with van der Waals surface area (Å²) in [6, 6.07) is 3.65. The van der Waals surface area contributed by atoms with Gasteiger partial charge in [0.2, 0.25) is 0 Å². The van der Waals surface area contributed by atoms with Crippen LogP contribution in [0.3, 0.4) is 0 Å². The summed E-state index contributed by atoms with van der Waals surface area (Å²) in [6.45, 7) is 6.04. The van der Waals surface area contributed by atoms with Crippen molar-refractivity contribution in [3.05, 3.63) is 27.7 Å². The van der Waals surface area contributed by atoms with Crippen LogP contribution in [-0.4, -0.2) is 23.7 Å². The Hall–Kier alpha value is -1.56. The van der Waals surface area contributed by atoms with Crippen molar-refractivity contribution in [1.82, 2.24) is 5.32 Å². The highest BCUT2D eigenvalue weighted by molar-refractivity contribution is 9.10. The number of anilines is 1. The number of carboxylic acid groups (broad SMARTS) is 1. The van der Waals surface area contributed by atoms with Gasteiger partial charge in [-0.25, -0.2) is 4.79 Å². The van der Waals surface area contributed by atoms with Gasteiger partial charge in [0.1, 0.15) is 0 Å². The van der Waals surface area contributed by atoms with E-state index in [1.54, 1.807) is 6.92 Å². The van der Waals surface area contributed by atoms with Gasteiger partial charge in [-0.15, -0.1) is 0 Å². The standard InChI is InChI=1S/C15H21BrN2O3/c1-9-7-11(3)13(12(16)8-9)18-15(21)17-6-4-5-10(2)14(19)20/h7-8,10H,4-6H2,1-3H3,(H,19,20)(H2,17,18,21). The Balaban J connectivity index is 2.43. The first-order valence-corrected chi connectivity index (χ1v) is 7.65. The molecule has 1 rings (SSSR count). The molecule has 0 aromatic heterocycles. The molecule has 0 aliphatic heterocycles. The summed E-state index contributed by atoms with van der Waals surface area (Å²) in [5.74, 6) is -1.19. The number of aliphatic carboxylic acids is 1. The molecule has 0 radical (unpaired) electrons. The molecular weight excluding hydrogens is 336 g/mol. The van der Waals surface area contributed by atoms with Crippen LogP contribution in [0.5, 0.6) is 0 Å². The van der Waals surface area contributed by atoms with Crippen LogP contribution in [0.2, 0.25) is 0 Å². The SMILES string of the molecule is Cc1cc(C)c(NC(=O)NCCCC(C)C(=O)O)c(Br)c1. The lowest BCUT2D eigenvalue weighted by Crippen LogP contribution is -2.30. The highest BCUT2D eigenvalue weighted by Gasteiger charge is 2.11. The number of benzene rings is 1. The first kappa shape index (κ1) is 17.5. The zero-order chi connectivity index (χ0) is 16.0. The Morgan fingerprint density at radius 2 is 2.00 bits per heavy atom. The Labute approximate surface area is 133 Å². The lowest BCUT2D eigenvalue weighted by atomic mass is 10.1. The van der Waals surface area contributed by atoms with E-state index in [1.165, 1.54) is 0 Å². The van der Waals surface area contributed by atoms with Crippen molar-refractivity contribution < 1.29 is 14.7 Å². The first-order valence-electron chi connectivity index (χ1n) is 6.85. The fourth-order valence-corrected chi connectivity index (χ4v) is 2.74. The number of carboxylic acids is 1. The molecule has 1 unspecified atom stereocenters. The first-order chi connectivity index (χ1) is 9.81. The molecule has 1 atom stereocenters. The van der Waals surface area contributed by atoms with Gasteiger partial charge in [-0.05, 0) is 59.8 Å². The molecule has 5 nitrogen and oxygen atoms in total. The Bertz CT molecular complexity index is 509. The minimum absolute atomic E-state index is 0.286. The number of hydrogen-bond acceptors (Lipinski definition) is 2. The number of nitrogens with one attached hydrogen (secondary N) is 2. The summed E-state index contributed by atoms with van der Waals surface area (Å²) in [4.78, 5) is 22.5. The molecule has 0 aliphatic rings. The maximum Gasteiger partial charge on any atom is 0.319 e. The fraction of sp³-hybridized carbons (Fsp3) is 0.467. The number of urea groups is 1. The number of aryl methyl sites for hydroxylation is 2. The molecule has 21 heavy (non-hydrogen) atoms. The second-order valence-electron chi connectivity index (χ2n) is 5.20. The number of hydrogen-bond donors (Lipinski definition) is 3. The van der Waals surface area contributed by atoms with Crippen LogP contribution in [0, 0.1) is 19.8 Å². The number of carbonyl (C=O) groups excluding carboxylic acids is 1. The van der Waals surface area contributed by atoms with Gasteiger partial charge >= 0.3 is 12.0 Å².